The van der Waals surface area contributed by atoms with Crippen molar-refractivity contribution < 1.29 is 64.1 Å². The van der Waals surface area contributed by atoms with E-state index in [0.29, 0.717) is 27.8 Å². The number of sulfonamides is 2. The second-order valence-corrected chi connectivity index (χ2v) is 15.9. The van der Waals surface area contributed by atoms with Crippen LogP contribution in [0.2, 0.25) is 0 Å². The number of alkyl halides is 3. The minimum atomic E-state index is -4.90. The van der Waals surface area contributed by atoms with Gasteiger partial charge in [0.25, 0.3) is 20.0 Å². The Balaban J connectivity index is 1.18. The standard InChI is InChI=1S/C41H29F3N2O11S2/c1-24(47)33-10-2-3-11-34(33)27-7-5-9-32(21-27)59(54,55)45-28-14-18-35(37(48)22-28)40(51)56-38-23-29(15-19-36(38)39(49)50)46-58(52,53)31-8-4-6-26(20-31)25-12-16-30(17-13-25)57-41(42,43)44/h2-23,45-46,48H,1H3,(H,49,50). The summed E-state index contributed by atoms with van der Waals surface area (Å²) < 4.78 is 105. The van der Waals surface area contributed by atoms with Crippen LogP contribution in [0.4, 0.5) is 24.5 Å². The van der Waals surface area contributed by atoms with Gasteiger partial charge in [0.2, 0.25) is 0 Å². The van der Waals surface area contributed by atoms with Crippen LogP contribution in [0.3, 0.4) is 0 Å². The van der Waals surface area contributed by atoms with Crippen LogP contribution < -0.4 is 18.9 Å². The topological polar surface area (TPSA) is 202 Å². The Labute approximate surface area is 334 Å². The third-order valence-corrected chi connectivity index (χ3v) is 11.2. The van der Waals surface area contributed by atoms with Crippen LogP contribution in [0, 0.1) is 0 Å². The Kier molecular flexibility index (Phi) is 11.5. The van der Waals surface area contributed by atoms with Gasteiger partial charge in [-0.15, -0.1) is 13.2 Å². The maximum absolute atomic E-state index is 13.4. The number of hydrogen-bond acceptors (Lipinski definition) is 10. The van der Waals surface area contributed by atoms with Crippen LogP contribution in [0.1, 0.15) is 38.0 Å². The first-order valence-electron chi connectivity index (χ1n) is 16.9. The van der Waals surface area contributed by atoms with Gasteiger partial charge >= 0.3 is 18.3 Å². The normalized spacial score (nSPS) is 11.7. The zero-order valence-corrected chi connectivity index (χ0v) is 31.9. The van der Waals surface area contributed by atoms with E-state index in [1.54, 1.807) is 30.3 Å². The Morgan fingerprint density at radius 1 is 0.610 bits per heavy atom. The molecule has 0 fully saturated rings. The minimum absolute atomic E-state index is 0.159. The molecule has 13 nitrogen and oxygen atoms in total. The molecule has 0 atom stereocenters. The summed E-state index contributed by atoms with van der Waals surface area (Å²) in [7, 11) is -8.67. The highest BCUT2D eigenvalue weighted by atomic mass is 32.2. The van der Waals surface area contributed by atoms with Gasteiger partial charge in [-0.2, -0.15) is 0 Å². The third kappa shape index (κ3) is 9.86. The number of ether oxygens (including phenoxy) is 2. The quantitative estimate of drug-likeness (QED) is 0.0494. The SMILES string of the molecule is CC(=O)c1ccccc1-c1cccc(S(=O)(=O)Nc2ccc(C(=O)Oc3cc(NS(=O)(=O)c4cccc(-c5ccc(OC(F)(F)F)cc5)c4)ccc3C(=O)O)c(O)c2)c1. The maximum Gasteiger partial charge on any atom is 0.573 e. The van der Waals surface area contributed by atoms with Gasteiger partial charge in [0.15, 0.2) is 5.78 Å². The van der Waals surface area contributed by atoms with Gasteiger partial charge < -0.3 is 19.7 Å². The predicted molar refractivity (Wildman–Crippen MR) is 209 cm³/mol. The van der Waals surface area contributed by atoms with Gasteiger partial charge in [0.1, 0.15) is 28.4 Å². The molecule has 18 heteroatoms. The molecule has 6 aromatic carbocycles. The summed E-state index contributed by atoms with van der Waals surface area (Å²) in [6.07, 6.45) is -4.90. The molecule has 0 radical (unpaired) electrons. The van der Waals surface area contributed by atoms with Gasteiger partial charge in [-0.25, -0.2) is 26.4 Å². The van der Waals surface area contributed by atoms with Crippen LogP contribution in [0.5, 0.6) is 17.2 Å². The fourth-order valence-electron chi connectivity index (χ4n) is 5.76. The Bertz CT molecular complexity index is 2850. The number of esters is 1. The number of phenolic OH excluding ortho intramolecular Hbond substituents is 1. The van der Waals surface area contributed by atoms with Crippen LogP contribution in [0.15, 0.2) is 143 Å². The van der Waals surface area contributed by atoms with Crippen molar-refractivity contribution in [3.8, 4) is 39.5 Å². The molecule has 0 unspecified atom stereocenters. The molecule has 0 amide bonds. The van der Waals surface area contributed by atoms with E-state index in [-0.39, 0.29) is 26.9 Å². The van der Waals surface area contributed by atoms with Gasteiger partial charge in [0.05, 0.1) is 21.2 Å². The third-order valence-electron chi connectivity index (χ3n) is 8.46. The fraction of sp³-hybridized carbons (Fsp3) is 0.0488. The van der Waals surface area contributed by atoms with Crippen molar-refractivity contribution in [3.05, 3.63) is 150 Å². The first-order chi connectivity index (χ1) is 27.8. The number of phenols is 1. The number of hydrogen-bond donors (Lipinski definition) is 4. The van der Waals surface area contributed by atoms with E-state index < -0.39 is 66.7 Å². The van der Waals surface area contributed by atoms with Gasteiger partial charge in [0, 0.05) is 17.7 Å². The molecule has 6 rings (SSSR count). The molecule has 0 heterocycles. The molecule has 0 aliphatic carbocycles. The number of carboxylic acids is 1. The van der Waals surface area contributed by atoms with Gasteiger partial charge in [-0.3, -0.25) is 14.2 Å². The molecule has 0 saturated carbocycles. The number of rotatable bonds is 13. The monoisotopic (exact) mass is 846 g/mol. The first kappa shape index (κ1) is 41.5. The lowest BCUT2D eigenvalue weighted by Gasteiger charge is -2.14. The fourth-order valence-corrected chi connectivity index (χ4v) is 7.95. The lowest BCUT2D eigenvalue weighted by atomic mass is 9.98. The van der Waals surface area contributed by atoms with E-state index in [1.807, 2.05) is 0 Å². The van der Waals surface area contributed by atoms with Crippen molar-refractivity contribution in [3.63, 3.8) is 0 Å². The Morgan fingerprint density at radius 3 is 1.75 bits per heavy atom. The van der Waals surface area contributed by atoms with E-state index in [4.69, 9.17) is 4.74 Å². The molecular formula is C41H29F3N2O11S2. The van der Waals surface area contributed by atoms with Crippen molar-refractivity contribution in [1.82, 2.24) is 0 Å². The number of ketones is 1. The second kappa shape index (κ2) is 16.4. The Morgan fingerprint density at radius 2 is 1.17 bits per heavy atom. The predicted octanol–water partition coefficient (Wildman–Crippen LogP) is 8.35. The molecule has 0 bridgehead atoms. The van der Waals surface area contributed by atoms with Crippen molar-refractivity contribution in [2.45, 2.75) is 23.1 Å². The zero-order valence-electron chi connectivity index (χ0n) is 30.2. The number of carbonyl (C=O) groups excluding carboxylic acids is 2. The number of carbonyl (C=O) groups is 3. The minimum Gasteiger partial charge on any atom is -0.507 e. The summed E-state index contributed by atoms with van der Waals surface area (Å²) in [6, 6.07) is 28.7. The van der Waals surface area contributed by atoms with Crippen LogP contribution >= 0.6 is 0 Å². The molecule has 0 spiro atoms. The van der Waals surface area contributed by atoms with Gasteiger partial charge in [-0.1, -0.05) is 60.7 Å². The van der Waals surface area contributed by atoms with E-state index in [9.17, 15) is 54.6 Å². The number of carboxylic acid groups (broad SMARTS) is 1. The largest absolute Gasteiger partial charge is 0.573 e. The summed E-state index contributed by atoms with van der Waals surface area (Å²) in [5, 5.41) is 20.5. The average molecular weight is 847 g/mol. The Hall–Kier alpha value is -7.18. The molecule has 0 saturated heterocycles. The molecule has 302 valence electrons. The summed E-state index contributed by atoms with van der Waals surface area (Å²) >= 11 is 0. The molecule has 0 aliphatic rings. The maximum atomic E-state index is 13.4. The van der Waals surface area contributed by atoms with Gasteiger partial charge in [-0.05, 0) is 89.8 Å². The smallest absolute Gasteiger partial charge is 0.507 e. The summed E-state index contributed by atoms with van der Waals surface area (Å²) in [6.45, 7) is 1.39. The molecule has 6 aromatic rings. The second-order valence-electron chi connectivity index (χ2n) is 12.6. The number of Topliss-reactive ketones (excluding diaryl/α,β-unsaturated/α-hetero) is 1. The van der Waals surface area contributed by atoms with E-state index in [0.717, 1.165) is 48.5 Å². The molecule has 59 heavy (non-hydrogen) atoms. The lowest BCUT2D eigenvalue weighted by molar-refractivity contribution is -0.274. The summed E-state index contributed by atoms with van der Waals surface area (Å²) in [4.78, 5) is 36.9. The number of nitrogens with one attached hydrogen (secondary N) is 2. The van der Waals surface area contributed by atoms with Crippen LogP contribution in [0.25, 0.3) is 22.3 Å². The highest BCUT2D eigenvalue weighted by Crippen LogP contribution is 2.32. The number of aromatic carboxylic acids is 1. The van der Waals surface area contributed by atoms with E-state index in [1.165, 1.54) is 61.5 Å². The molecule has 0 aromatic heterocycles. The van der Waals surface area contributed by atoms with Crippen LogP contribution in [-0.2, 0) is 20.0 Å². The van der Waals surface area contributed by atoms with E-state index in [2.05, 4.69) is 14.2 Å². The van der Waals surface area contributed by atoms with Crippen molar-refractivity contribution >= 4 is 49.1 Å². The lowest BCUT2D eigenvalue weighted by Crippen LogP contribution is -2.16. The van der Waals surface area contributed by atoms with Crippen molar-refractivity contribution in [2.24, 2.45) is 0 Å². The highest BCUT2D eigenvalue weighted by Gasteiger charge is 2.31. The number of aromatic hydroxyl groups is 1. The average Bonchev–Trinajstić information content (AvgIpc) is 3.17. The number of halogens is 3. The highest BCUT2D eigenvalue weighted by molar-refractivity contribution is 7.93. The number of anilines is 2. The zero-order chi connectivity index (χ0) is 42.7. The van der Waals surface area contributed by atoms with Crippen LogP contribution in [-0.4, -0.2) is 51.1 Å². The van der Waals surface area contributed by atoms with Crippen molar-refractivity contribution in [2.75, 3.05) is 9.44 Å². The molecule has 4 N–H and O–H groups in total. The summed E-state index contributed by atoms with van der Waals surface area (Å²) in [5.41, 5.74) is 0.593. The van der Waals surface area contributed by atoms with E-state index >= 15 is 0 Å². The first-order valence-corrected chi connectivity index (χ1v) is 19.9. The number of benzene rings is 6. The molecule has 0 aliphatic heterocycles. The molecular weight excluding hydrogens is 818 g/mol. The summed E-state index contributed by atoms with van der Waals surface area (Å²) in [5.74, 6) is -4.90. The van der Waals surface area contributed by atoms with Crippen molar-refractivity contribution in [1.29, 1.82) is 0 Å².